The van der Waals surface area contributed by atoms with Crippen molar-refractivity contribution in [1.29, 1.82) is 0 Å². The molecule has 0 radical (unpaired) electrons. The Hall–Kier alpha value is -2.80. The summed E-state index contributed by atoms with van der Waals surface area (Å²) in [6.45, 7) is 3.52. The predicted molar refractivity (Wildman–Crippen MR) is 122 cm³/mol. The van der Waals surface area contributed by atoms with E-state index in [1.54, 1.807) is 18.6 Å². The van der Waals surface area contributed by atoms with Gasteiger partial charge in [-0.2, -0.15) is 0 Å². The minimum absolute atomic E-state index is 0.0380. The van der Waals surface area contributed by atoms with Gasteiger partial charge >= 0.3 is 0 Å². The molecule has 0 saturated carbocycles. The second kappa shape index (κ2) is 8.98. The molecule has 7 heteroatoms. The number of rotatable bonds is 5. The van der Waals surface area contributed by atoms with Crippen molar-refractivity contribution >= 4 is 17.5 Å². The summed E-state index contributed by atoms with van der Waals surface area (Å²) in [6, 6.07) is 15.7. The van der Waals surface area contributed by atoms with Crippen LogP contribution in [0, 0.1) is 0 Å². The third-order valence-electron chi connectivity index (χ3n) is 6.39. The van der Waals surface area contributed by atoms with Gasteiger partial charge in [0.05, 0.1) is 6.61 Å². The average Bonchev–Trinajstić information content (AvgIpc) is 3.18. The second-order valence-corrected chi connectivity index (χ2v) is 8.83. The number of ether oxygens (including phenoxy) is 1. The molecule has 1 amide bonds. The zero-order valence-corrected chi connectivity index (χ0v) is 18.5. The number of nitrogens with zero attached hydrogens (tertiary/aromatic N) is 4. The van der Waals surface area contributed by atoms with E-state index in [4.69, 9.17) is 16.3 Å². The Morgan fingerprint density at radius 2 is 1.88 bits per heavy atom. The molecule has 164 valence electrons. The monoisotopic (exact) mass is 448 g/mol. The molecule has 1 spiro atoms. The predicted octanol–water partition coefficient (Wildman–Crippen LogP) is 3.53. The Morgan fingerprint density at radius 1 is 1.03 bits per heavy atom. The quantitative estimate of drug-likeness (QED) is 0.597. The zero-order valence-electron chi connectivity index (χ0n) is 17.7. The fourth-order valence-corrected chi connectivity index (χ4v) is 5.04. The fourth-order valence-electron chi connectivity index (χ4n) is 4.85. The van der Waals surface area contributed by atoms with Crippen LogP contribution < -0.4 is 0 Å². The number of carbonyl (C=O) groups is 1. The SMILES string of the molecule is O=C1N(Cc2ccncc2)CCO[C@@]12CN(Cc1ccccc1Cl)C[C@@H]2c1cccnc1. The lowest BCUT2D eigenvalue weighted by Crippen LogP contribution is -2.59. The first-order valence-electron chi connectivity index (χ1n) is 10.8. The molecule has 0 N–H and O–H groups in total. The van der Waals surface area contributed by atoms with Crippen LogP contribution in [0.15, 0.2) is 73.3 Å². The second-order valence-electron chi connectivity index (χ2n) is 8.42. The van der Waals surface area contributed by atoms with E-state index >= 15 is 0 Å². The number of pyridine rings is 2. The Morgan fingerprint density at radius 3 is 2.66 bits per heavy atom. The Labute approximate surface area is 192 Å². The molecule has 2 aliphatic rings. The molecule has 0 bridgehead atoms. The summed E-state index contributed by atoms with van der Waals surface area (Å²) < 4.78 is 6.37. The van der Waals surface area contributed by atoms with E-state index in [9.17, 15) is 4.79 Å². The topological polar surface area (TPSA) is 58.6 Å². The van der Waals surface area contributed by atoms with Gasteiger partial charge < -0.3 is 9.64 Å². The van der Waals surface area contributed by atoms with E-state index in [1.165, 1.54) is 0 Å². The molecular formula is C25H25ClN4O2. The number of benzene rings is 1. The summed E-state index contributed by atoms with van der Waals surface area (Å²) in [7, 11) is 0. The highest BCUT2D eigenvalue weighted by Gasteiger charge is 2.57. The maximum absolute atomic E-state index is 13.9. The number of aromatic nitrogens is 2. The molecule has 2 fully saturated rings. The standard InChI is InChI=1S/C25H25ClN4O2/c26-23-6-2-1-4-21(23)16-29-17-22(20-5-3-9-28-14-20)25(18-29)24(31)30(12-13-32-25)15-19-7-10-27-11-8-19/h1-11,14,22H,12-13,15-18H2/t22-,25-/m1/s1. The number of morpholine rings is 1. The number of hydrogen-bond donors (Lipinski definition) is 0. The van der Waals surface area contributed by atoms with E-state index in [0.717, 1.165) is 21.7 Å². The summed E-state index contributed by atoms with van der Waals surface area (Å²) in [4.78, 5) is 26.5. The van der Waals surface area contributed by atoms with Gasteiger partial charge in [-0.05, 0) is 41.0 Å². The highest BCUT2D eigenvalue weighted by Crippen LogP contribution is 2.42. The molecule has 2 aliphatic heterocycles. The van der Waals surface area contributed by atoms with Gasteiger partial charge in [0, 0.05) is 68.5 Å². The number of carbonyl (C=O) groups excluding carboxylic acids is 1. The fraction of sp³-hybridized carbons (Fsp3) is 0.320. The van der Waals surface area contributed by atoms with Gasteiger partial charge in [0.1, 0.15) is 0 Å². The van der Waals surface area contributed by atoms with Gasteiger partial charge in [-0.1, -0.05) is 35.9 Å². The van der Waals surface area contributed by atoms with Crippen molar-refractivity contribution in [3.63, 3.8) is 0 Å². The Balaban J connectivity index is 1.45. The summed E-state index contributed by atoms with van der Waals surface area (Å²) >= 11 is 6.43. The number of halogens is 1. The Bertz CT molecular complexity index is 1080. The van der Waals surface area contributed by atoms with E-state index in [0.29, 0.717) is 39.3 Å². The van der Waals surface area contributed by atoms with Gasteiger partial charge in [0.15, 0.2) is 5.60 Å². The van der Waals surface area contributed by atoms with E-state index in [-0.39, 0.29) is 11.8 Å². The van der Waals surface area contributed by atoms with Crippen LogP contribution in [0.2, 0.25) is 5.02 Å². The van der Waals surface area contributed by atoms with E-state index in [2.05, 4.69) is 14.9 Å². The smallest absolute Gasteiger partial charge is 0.257 e. The highest BCUT2D eigenvalue weighted by molar-refractivity contribution is 6.31. The normalized spacial score (nSPS) is 23.7. The largest absolute Gasteiger partial charge is 0.361 e. The van der Waals surface area contributed by atoms with Gasteiger partial charge in [-0.3, -0.25) is 19.7 Å². The minimum atomic E-state index is -0.935. The summed E-state index contributed by atoms with van der Waals surface area (Å²) in [5.74, 6) is -0.0671. The van der Waals surface area contributed by atoms with Crippen molar-refractivity contribution in [2.75, 3.05) is 26.2 Å². The first-order chi connectivity index (χ1) is 15.7. The van der Waals surface area contributed by atoms with E-state index in [1.807, 2.05) is 59.6 Å². The van der Waals surface area contributed by atoms with Crippen LogP contribution in [0.1, 0.15) is 22.6 Å². The van der Waals surface area contributed by atoms with Gasteiger partial charge in [-0.25, -0.2) is 0 Å². The molecule has 4 heterocycles. The third-order valence-corrected chi connectivity index (χ3v) is 6.76. The van der Waals surface area contributed by atoms with Crippen molar-refractivity contribution in [3.8, 4) is 0 Å². The maximum atomic E-state index is 13.9. The van der Waals surface area contributed by atoms with Crippen molar-refractivity contribution in [2.24, 2.45) is 0 Å². The van der Waals surface area contributed by atoms with Crippen LogP contribution >= 0.6 is 11.6 Å². The molecule has 6 nitrogen and oxygen atoms in total. The summed E-state index contributed by atoms with van der Waals surface area (Å²) in [6.07, 6.45) is 7.13. The molecule has 0 aliphatic carbocycles. The molecule has 2 atom stereocenters. The minimum Gasteiger partial charge on any atom is -0.361 e. The van der Waals surface area contributed by atoms with E-state index < -0.39 is 5.60 Å². The molecule has 3 aromatic rings. The highest BCUT2D eigenvalue weighted by atomic mass is 35.5. The van der Waals surface area contributed by atoms with Crippen molar-refractivity contribution in [2.45, 2.75) is 24.6 Å². The molecule has 2 aromatic heterocycles. The third kappa shape index (κ3) is 4.01. The van der Waals surface area contributed by atoms with Gasteiger partial charge in [-0.15, -0.1) is 0 Å². The molecular weight excluding hydrogens is 424 g/mol. The summed E-state index contributed by atoms with van der Waals surface area (Å²) in [5, 5.41) is 0.738. The van der Waals surface area contributed by atoms with Crippen LogP contribution in [0.3, 0.4) is 0 Å². The zero-order chi connectivity index (χ0) is 22.0. The average molecular weight is 449 g/mol. The molecule has 1 aromatic carbocycles. The molecule has 0 unspecified atom stereocenters. The van der Waals surface area contributed by atoms with Crippen LogP contribution in [-0.4, -0.2) is 57.5 Å². The van der Waals surface area contributed by atoms with Crippen molar-refractivity contribution in [1.82, 2.24) is 19.8 Å². The number of amides is 1. The van der Waals surface area contributed by atoms with Crippen LogP contribution in [-0.2, 0) is 22.6 Å². The van der Waals surface area contributed by atoms with Crippen molar-refractivity contribution in [3.05, 3.63) is 95.0 Å². The maximum Gasteiger partial charge on any atom is 0.257 e. The molecule has 2 saturated heterocycles. The van der Waals surface area contributed by atoms with Crippen LogP contribution in [0.4, 0.5) is 0 Å². The summed E-state index contributed by atoms with van der Waals surface area (Å²) in [5.41, 5.74) is 2.20. The number of hydrogen-bond acceptors (Lipinski definition) is 5. The first-order valence-corrected chi connectivity index (χ1v) is 11.2. The lowest BCUT2D eigenvalue weighted by molar-refractivity contribution is -0.173. The van der Waals surface area contributed by atoms with Crippen molar-refractivity contribution < 1.29 is 9.53 Å². The molecule has 5 rings (SSSR count). The number of likely N-dealkylation sites (tertiary alicyclic amines) is 1. The van der Waals surface area contributed by atoms with Crippen LogP contribution in [0.5, 0.6) is 0 Å². The van der Waals surface area contributed by atoms with Crippen LogP contribution in [0.25, 0.3) is 0 Å². The lowest BCUT2D eigenvalue weighted by atomic mass is 9.83. The van der Waals surface area contributed by atoms with Gasteiger partial charge in [0.25, 0.3) is 5.91 Å². The first kappa shape index (κ1) is 21.1. The van der Waals surface area contributed by atoms with Gasteiger partial charge in [0.2, 0.25) is 0 Å². The molecule has 32 heavy (non-hydrogen) atoms. The Kier molecular flexibility index (Phi) is 5.91. The lowest BCUT2D eigenvalue weighted by Gasteiger charge is -2.42.